The summed E-state index contributed by atoms with van der Waals surface area (Å²) in [5.74, 6) is 1.42. The molecule has 0 aliphatic carbocycles. The Labute approximate surface area is 158 Å². The van der Waals surface area contributed by atoms with Crippen LogP contribution in [0.2, 0.25) is 0 Å². The molecule has 0 spiro atoms. The van der Waals surface area contributed by atoms with Crippen molar-refractivity contribution in [3.63, 3.8) is 0 Å². The molecule has 0 saturated carbocycles. The fraction of sp³-hybridized carbons (Fsp3) is 0.381. The fourth-order valence-electron chi connectivity index (χ4n) is 3.90. The highest BCUT2D eigenvalue weighted by Crippen LogP contribution is 2.28. The average Bonchev–Trinajstić information content (AvgIpc) is 2.73. The topological polar surface area (TPSA) is 71.1 Å². The average molecular weight is 364 g/mol. The van der Waals surface area contributed by atoms with Gasteiger partial charge in [0.2, 0.25) is 5.95 Å². The maximum atomic E-state index is 13.0. The van der Waals surface area contributed by atoms with Crippen LogP contribution < -0.4 is 15.2 Å². The van der Waals surface area contributed by atoms with Crippen LogP contribution in [0.5, 0.6) is 5.75 Å². The van der Waals surface area contributed by atoms with Crippen molar-refractivity contribution in [1.82, 2.24) is 15.0 Å². The van der Waals surface area contributed by atoms with Gasteiger partial charge in [-0.05, 0) is 55.0 Å². The van der Waals surface area contributed by atoms with Crippen LogP contribution in [0.4, 0.5) is 5.95 Å². The number of nitrogens with zero attached hydrogens (tertiary/aromatic N) is 3. The number of pyridine rings is 1. The van der Waals surface area contributed by atoms with Crippen molar-refractivity contribution in [2.45, 2.75) is 38.6 Å². The van der Waals surface area contributed by atoms with Gasteiger partial charge in [-0.25, -0.2) is 4.98 Å². The molecule has 2 aromatic heterocycles. The Kier molecular flexibility index (Phi) is 4.79. The summed E-state index contributed by atoms with van der Waals surface area (Å²) in [5.41, 5.74) is 2.11. The molecule has 0 amide bonds. The largest absolute Gasteiger partial charge is 0.497 e. The van der Waals surface area contributed by atoms with Gasteiger partial charge in [0, 0.05) is 18.8 Å². The minimum atomic E-state index is -0.144. The SMILES string of the molecule is CCC1CCCCN1c1nc2nccc(-c3ccc(OC)cc3)c2c(=O)[nH]1. The van der Waals surface area contributed by atoms with Gasteiger partial charge in [0.15, 0.2) is 5.65 Å². The number of anilines is 1. The van der Waals surface area contributed by atoms with E-state index >= 15 is 0 Å². The standard InChI is InChI=1S/C21H24N4O2/c1-3-15-6-4-5-13-25(15)21-23-19-18(20(26)24-21)17(11-12-22-19)14-7-9-16(27-2)10-8-14/h7-12,15H,3-6,13H2,1-2H3,(H,22,23,24,26). The first kappa shape index (κ1) is 17.5. The number of aromatic nitrogens is 3. The van der Waals surface area contributed by atoms with Crippen LogP contribution in [-0.4, -0.2) is 34.6 Å². The molecule has 3 aromatic rings. The summed E-state index contributed by atoms with van der Waals surface area (Å²) < 4.78 is 5.22. The Morgan fingerprint density at radius 1 is 1.22 bits per heavy atom. The van der Waals surface area contributed by atoms with E-state index in [9.17, 15) is 4.79 Å². The first-order valence-corrected chi connectivity index (χ1v) is 9.51. The molecule has 1 N–H and O–H groups in total. The molecule has 3 heterocycles. The smallest absolute Gasteiger partial charge is 0.262 e. The highest BCUT2D eigenvalue weighted by Gasteiger charge is 2.24. The molecule has 6 nitrogen and oxygen atoms in total. The molecule has 4 rings (SSSR count). The van der Waals surface area contributed by atoms with Gasteiger partial charge in [-0.15, -0.1) is 0 Å². The quantitative estimate of drug-likeness (QED) is 0.763. The predicted molar refractivity (Wildman–Crippen MR) is 107 cm³/mol. The Bertz CT molecular complexity index is 997. The number of hydrogen-bond donors (Lipinski definition) is 1. The molecular formula is C21H24N4O2. The predicted octanol–water partition coefficient (Wildman–Crippen LogP) is 3.76. The van der Waals surface area contributed by atoms with Crippen molar-refractivity contribution in [3.8, 4) is 16.9 Å². The number of nitrogens with one attached hydrogen (secondary N) is 1. The Morgan fingerprint density at radius 3 is 2.78 bits per heavy atom. The highest BCUT2D eigenvalue weighted by molar-refractivity contribution is 5.92. The number of fused-ring (bicyclic) bond motifs is 1. The lowest BCUT2D eigenvalue weighted by Gasteiger charge is -2.35. The molecule has 1 aromatic carbocycles. The van der Waals surface area contributed by atoms with E-state index in [-0.39, 0.29) is 5.56 Å². The molecule has 1 saturated heterocycles. The van der Waals surface area contributed by atoms with E-state index in [4.69, 9.17) is 9.72 Å². The van der Waals surface area contributed by atoms with E-state index < -0.39 is 0 Å². The van der Waals surface area contributed by atoms with Gasteiger partial charge in [-0.1, -0.05) is 19.1 Å². The maximum Gasteiger partial charge on any atom is 0.262 e. The summed E-state index contributed by atoms with van der Waals surface area (Å²) in [4.78, 5) is 27.3. The van der Waals surface area contributed by atoms with Crippen LogP contribution in [-0.2, 0) is 0 Å². The molecule has 140 valence electrons. The number of ether oxygens (including phenoxy) is 1. The number of aromatic amines is 1. The number of piperidine rings is 1. The second kappa shape index (κ2) is 7.39. The number of benzene rings is 1. The zero-order valence-electron chi connectivity index (χ0n) is 15.7. The van der Waals surface area contributed by atoms with E-state index in [2.05, 4.69) is 21.8 Å². The van der Waals surface area contributed by atoms with E-state index in [0.29, 0.717) is 23.0 Å². The lowest BCUT2D eigenvalue weighted by molar-refractivity contribution is 0.415. The summed E-state index contributed by atoms with van der Waals surface area (Å²) >= 11 is 0. The third-order valence-corrected chi connectivity index (χ3v) is 5.37. The van der Waals surface area contributed by atoms with Crippen molar-refractivity contribution in [2.75, 3.05) is 18.6 Å². The molecule has 1 aliphatic rings. The maximum absolute atomic E-state index is 13.0. The van der Waals surface area contributed by atoms with Crippen molar-refractivity contribution in [3.05, 3.63) is 46.9 Å². The zero-order chi connectivity index (χ0) is 18.8. The van der Waals surface area contributed by atoms with Gasteiger partial charge in [-0.2, -0.15) is 4.98 Å². The van der Waals surface area contributed by atoms with Gasteiger partial charge in [0.25, 0.3) is 5.56 Å². The molecule has 1 fully saturated rings. The molecule has 1 aliphatic heterocycles. The third-order valence-electron chi connectivity index (χ3n) is 5.37. The van der Waals surface area contributed by atoms with Crippen LogP contribution >= 0.6 is 0 Å². The van der Waals surface area contributed by atoms with E-state index in [0.717, 1.165) is 42.7 Å². The van der Waals surface area contributed by atoms with Gasteiger partial charge in [0.1, 0.15) is 5.75 Å². The third kappa shape index (κ3) is 3.27. The Balaban J connectivity index is 1.81. The van der Waals surface area contributed by atoms with Crippen LogP contribution in [0.25, 0.3) is 22.2 Å². The van der Waals surface area contributed by atoms with Gasteiger partial charge in [0.05, 0.1) is 12.5 Å². The number of methoxy groups -OCH3 is 1. The molecular weight excluding hydrogens is 340 g/mol. The van der Waals surface area contributed by atoms with E-state index in [1.165, 1.54) is 6.42 Å². The lowest BCUT2D eigenvalue weighted by atomic mass is 10.0. The second-order valence-electron chi connectivity index (χ2n) is 6.93. The number of H-pyrrole nitrogens is 1. The fourth-order valence-corrected chi connectivity index (χ4v) is 3.90. The van der Waals surface area contributed by atoms with Gasteiger partial charge in [-0.3, -0.25) is 9.78 Å². The van der Waals surface area contributed by atoms with Crippen LogP contribution in [0.15, 0.2) is 41.3 Å². The van der Waals surface area contributed by atoms with E-state index in [1.807, 2.05) is 30.3 Å². The molecule has 0 radical (unpaired) electrons. The molecule has 6 heteroatoms. The van der Waals surface area contributed by atoms with Crippen molar-refractivity contribution >= 4 is 17.0 Å². The Hall–Kier alpha value is -2.89. The van der Waals surface area contributed by atoms with Crippen LogP contribution in [0, 0.1) is 0 Å². The summed E-state index contributed by atoms with van der Waals surface area (Å²) in [6, 6.07) is 9.94. The van der Waals surface area contributed by atoms with Gasteiger partial charge >= 0.3 is 0 Å². The zero-order valence-corrected chi connectivity index (χ0v) is 15.7. The normalized spacial score (nSPS) is 17.3. The molecule has 1 unspecified atom stereocenters. The first-order chi connectivity index (χ1) is 13.2. The van der Waals surface area contributed by atoms with Crippen LogP contribution in [0.1, 0.15) is 32.6 Å². The molecule has 27 heavy (non-hydrogen) atoms. The minimum absolute atomic E-state index is 0.144. The van der Waals surface area contributed by atoms with Gasteiger partial charge < -0.3 is 9.64 Å². The van der Waals surface area contributed by atoms with E-state index in [1.54, 1.807) is 13.3 Å². The van der Waals surface area contributed by atoms with Crippen molar-refractivity contribution < 1.29 is 4.74 Å². The summed E-state index contributed by atoms with van der Waals surface area (Å²) in [6.45, 7) is 3.10. The number of rotatable bonds is 4. The highest BCUT2D eigenvalue weighted by atomic mass is 16.5. The Morgan fingerprint density at radius 2 is 2.04 bits per heavy atom. The summed E-state index contributed by atoms with van der Waals surface area (Å²) in [6.07, 6.45) is 6.24. The molecule has 1 atom stereocenters. The van der Waals surface area contributed by atoms with Crippen molar-refractivity contribution in [2.24, 2.45) is 0 Å². The summed E-state index contributed by atoms with van der Waals surface area (Å²) in [5, 5.41) is 0.525. The first-order valence-electron chi connectivity index (χ1n) is 9.51. The summed E-state index contributed by atoms with van der Waals surface area (Å²) in [7, 11) is 1.64. The second-order valence-corrected chi connectivity index (χ2v) is 6.93. The van der Waals surface area contributed by atoms with Crippen molar-refractivity contribution in [1.29, 1.82) is 0 Å². The monoisotopic (exact) mass is 364 g/mol. The minimum Gasteiger partial charge on any atom is -0.497 e. The molecule has 0 bridgehead atoms. The number of hydrogen-bond acceptors (Lipinski definition) is 5. The lowest BCUT2D eigenvalue weighted by Crippen LogP contribution is -2.41. The van der Waals surface area contributed by atoms with Crippen LogP contribution in [0.3, 0.4) is 0 Å².